The summed E-state index contributed by atoms with van der Waals surface area (Å²) in [4.78, 5) is 22.5. The average molecular weight is 275 g/mol. The van der Waals surface area contributed by atoms with E-state index in [2.05, 4.69) is 5.32 Å². The first-order valence-corrected chi connectivity index (χ1v) is 6.35. The highest BCUT2D eigenvalue weighted by atomic mass is 16.5. The monoisotopic (exact) mass is 275 g/mol. The van der Waals surface area contributed by atoms with Crippen molar-refractivity contribution in [1.82, 2.24) is 0 Å². The Morgan fingerprint density at radius 1 is 1.20 bits per heavy atom. The van der Waals surface area contributed by atoms with Gasteiger partial charge >= 0.3 is 0 Å². The first kappa shape index (κ1) is 13.9. The van der Waals surface area contributed by atoms with Gasteiger partial charge in [-0.3, -0.25) is 9.59 Å². The van der Waals surface area contributed by atoms with E-state index in [1.54, 1.807) is 18.4 Å². The van der Waals surface area contributed by atoms with Crippen molar-refractivity contribution in [3.05, 3.63) is 41.7 Å². The normalized spacial score (nSPS) is 17.3. The standard InChI is InChI=1S/C14H17N3O3/c15-13(18)9-5-10(14(16)19)7-11(6-9)17-8-12-3-1-2-4-20-12/h2,4-7,12,17H,1,3,8H2,(H2,15,18)(H2,16,19). The van der Waals surface area contributed by atoms with Crippen LogP contribution in [0.25, 0.3) is 0 Å². The lowest BCUT2D eigenvalue weighted by Gasteiger charge is -2.20. The number of hydrogen-bond donors (Lipinski definition) is 3. The Hall–Kier alpha value is -2.50. The van der Waals surface area contributed by atoms with Crippen molar-refractivity contribution in [3.63, 3.8) is 0 Å². The summed E-state index contributed by atoms with van der Waals surface area (Å²) in [5.41, 5.74) is 11.6. The molecule has 1 aromatic rings. The highest BCUT2D eigenvalue weighted by Gasteiger charge is 2.12. The lowest BCUT2D eigenvalue weighted by molar-refractivity contribution is 0.0999. The Morgan fingerprint density at radius 2 is 1.85 bits per heavy atom. The van der Waals surface area contributed by atoms with Crippen LogP contribution in [0.5, 0.6) is 0 Å². The molecule has 0 fully saturated rings. The molecule has 0 saturated heterocycles. The van der Waals surface area contributed by atoms with Crippen LogP contribution in [0, 0.1) is 0 Å². The van der Waals surface area contributed by atoms with E-state index in [1.165, 1.54) is 6.07 Å². The lowest BCUT2D eigenvalue weighted by Crippen LogP contribution is -2.23. The Labute approximate surface area is 116 Å². The zero-order chi connectivity index (χ0) is 14.5. The quantitative estimate of drug-likeness (QED) is 0.744. The Kier molecular flexibility index (Phi) is 4.24. The van der Waals surface area contributed by atoms with Crippen LogP contribution in [0.15, 0.2) is 30.5 Å². The molecule has 2 rings (SSSR count). The summed E-state index contributed by atoms with van der Waals surface area (Å²) in [6.07, 6.45) is 5.61. The largest absolute Gasteiger partial charge is 0.497 e. The SMILES string of the molecule is NC(=O)c1cc(NCC2CCC=CO2)cc(C(N)=O)c1. The summed E-state index contributed by atoms with van der Waals surface area (Å²) in [7, 11) is 0. The number of anilines is 1. The van der Waals surface area contributed by atoms with E-state index in [1.807, 2.05) is 6.08 Å². The smallest absolute Gasteiger partial charge is 0.248 e. The summed E-state index contributed by atoms with van der Waals surface area (Å²) in [6, 6.07) is 4.57. The highest BCUT2D eigenvalue weighted by Crippen LogP contribution is 2.16. The molecule has 0 aliphatic carbocycles. The molecule has 0 saturated carbocycles. The van der Waals surface area contributed by atoms with Crippen LogP contribution in [0.4, 0.5) is 5.69 Å². The number of nitrogens with two attached hydrogens (primary N) is 2. The van der Waals surface area contributed by atoms with Gasteiger partial charge in [-0.15, -0.1) is 0 Å². The summed E-state index contributed by atoms with van der Waals surface area (Å²) in [5.74, 6) is -1.21. The van der Waals surface area contributed by atoms with Crippen molar-refractivity contribution in [2.45, 2.75) is 18.9 Å². The van der Waals surface area contributed by atoms with Gasteiger partial charge in [-0.1, -0.05) is 0 Å². The number of carbonyl (C=O) groups is 2. The van der Waals surface area contributed by atoms with Crippen LogP contribution in [0.2, 0.25) is 0 Å². The Balaban J connectivity index is 2.11. The molecule has 0 bridgehead atoms. The molecular weight excluding hydrogens is 258 g/mol. The number of ether oxygens (including phenoxy) is 1. The van der Waals surface area contributed by atoms with Gasteiger partial charge in [0.05, 0.1) is 12.8 Å². The molecule has 20 heavy (non-hydrogen) atoms. The van der Waals surface area contributed by atoms with Crippen molar-refractivity contribution in [2.24, 2.45) is 11.5 Å². The second kappa shape index (κ2) is 6.10. The van der Waals surface area contributed by atoms with Gasteiger partial charge < -0.3 is 21.5 Å². The molecule has 1 unspecified atom stereocenters. The van der Waals surface area contributed by atoms with Gasteiger partial charge in [0, 0.05) is 16.8 Å². The molecule has 5 N–H and O–H groups in total. The van der Waals surface area contributed by atoms with Gasteiger partial charge in [-0.25, -0.2) is 0 Å². The number of benzene rings is 1. The first-order valence-electron chi connectivity index (χ1n) is 6.35. The van der Waals surface area contributed by atoms with E-state index in [-0.39, 0.29) is 17.2 Å². The van der Waals surface area contributed by atoms with Gasteiger partial charge in [0.2, 0.25) is 11.8 Å². The van der Waals surface area contributed by atoms with Gasteiger partial charge in [0.15, 0.2) is 0 Å². The topological polar surface area (TPSA) is 107 Å². The number of amides is 2. The number of nitrogens with one attached hydrogen (secondary N) is 1. The molecule has 1 aliphatic rings. The molecule has 0 spiro atoms. The van der Waals surface area contributed by atoms with Crippen molar-refractivity contribution in [2.75, 3.05) is 11.9 Å². The molecule has 0 aromatic heterocycles. The van der Waals surface area contributed by atoms with Gasteiger partial charge in [0.25, 0.3) is 0 Å². The predicted octanol–water partition coefficient (Wildman–Crippen LogP) is 0.989. The van der Waals surface area contributed by atoms with Gasteiger partial charge in [0.1, 0.15) is 6.10 Å². The molecule has 0 radical (unpaired) electrons. The van der Waals surface area contributed by atoms with Gasteiger partial charge in [-0.05, 0) is 37.1 Å². The van der Waals surface area contributed by atoms with Crippen LogP contribution in [0.1, 0.15) is 33.6 Å². The van der Waals surface area contributed by atoms with Crippen LogP contribution in [-0.2, 0) is 4.74 Å². The molecule has 1 heterocycles. The summed E-state index contributed by atoms with van der Waals surface area (Å²) < 4.78 is 5.43. The maximum atomic E-state index is 11.2. The van der Waals surface area contributed by atoms with E-state index in [4.69, 9.17) is 16.2 Å². The van der Waals surface area contributed by atoms with E-state index in [0.717, 1.165) is 12.8 Å². The first-order chi connectivity index (χ1) is 9.56. The lowest BCUT2D eigenvalue weighted by atomic mass is 10.1. The summed E-state index contributed by atoms with van der Waals surface area (Å²) >= 11 is 0. The molecule has 1 aliphatic heterocycles. The van der Waals surface area contributed by atoms with Gasteiger partial charge in [-0.2, -0.15) is 0 Å². The Bertz CT molecular complexity index is 522. The van der Waals surface area contributed by atoms with Crippen LogP contribution in [0.3, 0.4) is 0 Å². The predicted molar refractivity (Wildman–Crippen MR) is 75.2 cm³/mol. The number of primary amides is 2. The fraction of sp³-hybridized carbons (Fsp3) is 0.286. The third kappa shape index (κ3) is 3.50. The maximum Gasteiger partial charge on any atom is 0.248 e. The minimum absolute atomic E-state index is 0.0641. The van der Waals surface area contributed by atoms with Crippen molar-refractivity contribution < 1.29 is 14.3 Å². The van der Waals surface area contributed by atoms with Crippen LogP contribution < -0.4 is 16.8 Å². The molecule has 2 amide bonds. The minimum Gasteiger partial charge on any atom is -0.497 e. The molecule has 6 nitrogen and oxygen atoms in total. The van der Waals surface area contributed by atoms with Crippen LogP contribution >= 0.6 is 0 Å². The third-order valence-corrected chi connectivity index (χ3v) is 3.06. The van der Waals surface area contributed by atoms with E-state index in [9.17, 15) is 9.59 Å². The van der Waals surface area contributed by atoms with Crippen molar-refractivity contribution >= 4 is 17.5 Å². The number of hydrogen-bond acceptors (Lipinski definition) is 4. The summed E-state index contributed by atoms with van der Waals surface area (Å²) in [6.45, 7) is 0.574. The molecule has 1 aromatic carbocycles. The number of carbonyl (C=O) groups excluding carboxylic acids is 2. The third-order valence-electron chi connectivity index (χ3n) is 3.06. The van der Waals surface area contributed by atoms with Crippen LogP contribution in [-0.4, -0.2) is 24.5 Å². The fourth-order valence-electron chi connectivity index (χ4n) is 1.98. The fourth-order valence-corrected chi connectivity index (χ4v) is 1.98. The van der Waals surface area contributed by atoms with E-state index >= 15 is 0 Å². The second-order valence-electron chi connectivity index (χ2n) is 4.62. The summed E-state index contributed by atoms with van der Waals surface area (Å²) in [5, 5.41) is 3.13. The second-order valence-corrected chi connectivity index (χ2v) is 4.62. The van der Waals surface area contributed by atoms with Crippen molar-refractivity contribution in [1.29, 1.82) is 0 Å². The minimum atomic E-state index is -0.604. The molecule has 6 heteroatoms. The zero-order valence-corrected chi connectivity index (χ0v) is 11.0. The maximum absolute atomic E-state index is 11.2. The van der Waals surface area contributed by atoms with E-state index < -0.39 is 11.8 Å². The zero-order valence-electron chi connectivity index (χ0n) is 11.0. The van der Waals surface area contributed by atoms with E-state index in [0.29, 0.717) is 12.2 Å². The Morgan fingerprint density at radius 3 is 2.35 bits per heavy atom. The number of allylic oxidation sites excluding steroid dienone is 1. The highest BCUT2D eigenvalue weighted by molar-refractivity contribution is 5.99. The van der Waals surface area contributed by atoms with Crippen molar-refractivity contribution in [3.8, 4) is 0 Å². The molecular formula is C14H17N3O3. The molecule has 106 valence electrons. The molecule has 1 atom stereocenters. The average Bonchev–Trinajstić information content (AvgIpc) is 2.45. The number of rotatable bonds is 5.